The molecular weight excluding hydrogens is 641 g/mol. The predicted octanol–water partition coefficient (Wildman–Crippen LogP) is 8.98. The third kappa shape index (κ3) is 6.94. The number of halogens is 3. The van der Waals surface area contributed by atoms with Crippen molar-refractivity contribution in [2.45, 2.75) is 51.2 Å². The minimum Gasteiger partial charge on any atom is -0.444 e. The number of hydrogen-bond donors (Lipinski definition) is 2. The minimum absolute atomic E-state index is 0.163. The number of benzene rings is 4. The van der Waals surface area contributed by atoms with Gasteiger partial charge < -0.3 is 15.4 Å². The van der Waals surface area contributed by atoms with Gasteiger partial charge in [-0.25, -0.2) is 17.2 Å². The normalized spacial score (nSPS) is 12.1. The number of carbonyl (C=O) groups excluding carboxylic acids is 1. The third-order valence-electron chi connectivity index (χ3n) is 6.96. The molecule has 1 heterocycles. The molecule has 0 unspecified atom stereocenters. The number of anilines is 1. The van der Waals surface area contributed by atoms with E-state index in [2.05, 4.69) is 10.6 Å². The van der Waals surface area contributed by atoms with Crippen LogP contribution in [-0.4, -0.2) is 30.6 Å². The van der Waals surface area contributed by atoms with Gasteiger partial charge in [0.25, 0.3) is 10.0 Å². The molecule has 0 radical (unpaired) electrons. The Labute approximate surface area is 272 Å². The molecule has 0 atom stereocenters. The molecule has 4 aromatic carbocycles. The third-order valence-corrected chi connectivity index (χ3v) is 9.66. The quantitative estimate of drug-likeness (QED) is 0.172. The van der Waals surface area contributed by atoms with Crippen molar-refractivity contribution in [3.63, 3.8) is 0 Å². The van der Waals surface area contributed by atoms with E-state index in [4.69, 9.17) is 39.5 Å². The number of alkyl carbamates (subject to hydrolysis) is 1. The number of carbonyl (C=O) groups is 1. The average molecular weight is 673 g/mol. The Morgan fingerprint density at radius 2 is 1.61 bits per heavy atom. The summed E-state index contributed by atoms with van der Waals surface area (Å²) in [5.41, 5.74) is 3.67. The number of nitrogens with one attached hydrogen (secondary N) is 2. The predicted molar refractivity (Wildman–Crippen MR) is 180 cm³/mol. The number of amides is 1. The molecule has 1 aromatic heterocycles. The fraction of sp³-hybridized carbons (Fsp3) is 0.242. The molecule has 11 heteroatoms. The van der Waals surface area contributed by atoms with Gasteiger partial charge in [0, 0.05) is 34.6 Å². The number of rotatable bonds is 8. The topological polar surface area (TPSA) is 89.4 Å². The Balaban J connectivity index is 1.65. The summed E-state index contributed by atoms with van der Waals surface area (Å²) in [4.78, 5) is 12.6. The molecule has 0 fully saturated rings. The molecule has 0 aliphatic rings. The van der Waals surface area contributed by atoms with E-state index in [-0.39, 0.29) is 11.4 Å². The Kier molecular flexibility index (Phi) is 9.10. The lowest BCUT2D eigenvalue weighted by atomic mass is 10.0. The highest BCUT2D eigenvalue weighted by Crippen LogP contribution is 2.38. The molecular formula is C33H32Cl3N3O4S. The summed E-state index contributed by atoms with van der Waals surface area (Å²) in [7, 11) is -4.03. The van der Waals surface area contributed by atoms with Crippen molar-refractivity contribution in [1.29, 1.82) is 0 Å². The van der Waals surface area contributed by atoms with Crippen molar-refractivity contribution >= 4 is 78.4 Å². The molecule has 44 heavy (non-hydrogen) atoms. The van der Waals surface area contributed by atoms with Crippen LogP contribution in [0.2, 0.25) is 15.1 Å². The Morgan fingerprint density at radius 1 is 0.886 bits per heavy atom. The first-order valence-corrected chi connectivity index (χ1v) is 16.5. The van der Waals surface area contributed by atoms with Gasteiger partial charge in [-0.1, -0.05) is 58.6 Å². The molecule has 7 nitrogen and oxygen atoms in total. The summed E-state index contributed by atoms with van der Waals surface area (Å²) in [5, 5.41) is 9.00. The van der Waals surface area contributed by atoms with Gasteiger partial charge in [-0.3, -0.25) is 0 Å². The van der Waals surface area contributed by atoms with Gasteiger partial charge in [0.05, 0.1) is 26.0 Å². The van der Waals surface area contributed by atoms with Crippen LogP contribution in [0.5, 0.6) is 0 Å². The number of aryl methyl sites for hydroxylation is 1. The molecule has 0 aliphatic heterocycles. The van der Waals surface area contributed by atoms with Crippen molar-refractivity contribution in [1.82, 2.24) is 9.29 Å². The lowest BCUT2D eigenvalue weighted by Gasteiger charge is -2.20. The Hall–Kier alpha value is -3.43. The standard InChI is InChI=1S/C33H32Cl3N3O4S/c1-20-5-9-25(10-6-20)44(41,42)39-30-12-8-23(34)17-26(30)27-18-24(38-19-21-7-11-28(35)29(36)15-21)16-22(31(27)39)13-14-37-32(40)43-33(2,3)4/h5-12,15-18,38H,13-14,19H2,1-4H3,(H,37,40). The number of fused-ring (bicyclic) bond motifs is 3. The highest BCUT2D eigenvalue weighted by atomic mass is 35.5. The van der Waals surface area contributed by atoms with Gasteiger partial charge in [-0.05, 0) is 99.8 Å². The van der Waals surface area contributed by atoms with Gasteiger partial charge >= 0.3 is 6.09 Å². The van der Waals surface area contributed by atoms with Crippen LogP contribution in [0.4, 0.5) is 10.5 Å². The molecule has 230 valence electrons. The van der Waals surface area contributed by atoms with E-state index in [1.165, 1.54) is 3.97 Å². The van der Waals surface area contributed by atoms with Crippen LogP contribution in [-0.2, 0) is 27.7 Å². The lowest BCUT2D eigenvalue weighted by molar-refractivity contribution is 0.0528. The maximum atomic E-state index is 14.3. The van der Waals surface area contributed by atoms with Crippen molar-refractivity contribution in [3.05, 3.63) is 105 Å². The van der Waals surface area contributed by atoms with Crippen LogP contribution in [0.25, 0.3) is 21.8 Å². The van der Waals surface area contributed by atoms with Crippen LogP contribution in [0.3, 0.4) is 0 Å². The van der Waals surface area contributed by atoms with Gasteiger partial charge in [0.1, 0.15) is 5.60 Å². The Morgan fingerprint density at radius 3 is 2.30 bits per heavy atom. The summed E-state index contributed by atoms with van der Waals surface area (Å²) in [6, 6.07) is 21.1. The molecule has 0 bridgehead atoms. The molecule has 0 aliphatic carbocycles. The largest absolute Gasteiger partial charge is 0.444 e. The molecule has 2 N–H and O–H groups in total. The van der Waals surface area contributed by atoms with E-state index in [1.54, 1.807) is 75.4 Å². The number of aromatic nitrogens is 1. The zero-order valence-electron chi connectivity index (χ0n) is 24.7. The van der Waals surface area contributed by atoms with Gasteiger partial charge in [-0.2, -0.15) is 0 Å². The van der Waals surface area contributed by atoms with Crippen molar-refractivity contribution in [2.75, 3.05) is 11.9 Å². The minimum atomic E-state index is -4.03. The maximum absolute atomic E-state index is 14.3. The van der Waals surface area contributed by atoms with E-state index < -0.39 is 21.7 Å². The number of hydrogen-bond acceptors (Lipinski definition) is 5. The van der Waals surface area contributed by atoms with E-state index >= 15 is 0 Å². The first-order valence-electron chi connectivity index (χ1n) is 14.0. The molecule has 5 aromatic rings. The molecule has 0 saturated carbocycles. The van der Waals surface area contributed by atoms with Crippen LogP contribution in [0.15, 0.2) is 77.7 Å². The van der Waals surface area contributed by atoms with Gasteiger partial charge in [0.2, 0.25) is 0 Å². The first-order chi connectivity index (χ1) is 20.7. The maximum Gasteiger partial charge on any atom is 0.407 e. The van der Waals surface area contributed by atoms with Crippen LogP contribution >= 0.6 is 34.8 Å². The van der Waals surface area contributed by atoms with E-state index in [1.807, 2.05) is 25.1 Å². The number of nitrogens with zero attached hydrogens (tertiary/aromatic N) is 1. The zero-order chi connectivity index (χ0) is 31.8. The summed E-state index contributed by atoms with van der Waals surface area (Å²) in [6.07, 6.45) is -0.229. The highest BCUT2D eigenvalue weighted by molar-refractivity contribution is 7.90. The second-order valence-corrected chi connectivity index (χ2v) is 14.6. The summed E-state index contributed by atoms with van der Waals surface area (Å²) in [6.45, 7) is 7.93. The molecule has 5 rings (SSSR count). The second-order valence-electron chi connectivity index (χ2n) is 11.6. The van der Waals surface area contributed by atoms with Crippen molar-refractivity contribution < 1.29 is 17.9 Å². The summed E-state index contributed by atoms with van der Waals surface area (Å²) in [5.74, 6) is 0. The van der Waals surface area contributed by atoms with E-state index in [0.29, 0.717) is 55.4 Å². The fourth-order valence-corrected chi connectivity index (χ4v) is 7.04. The smallest absolute Gasteiger partial charge is 0.407 e. The van der Waals surface area contributed by atoms with E-state index in [9.17, 15) is 13.2 Å². The van der Waals surface area contributed by atoms with Crippen LogP contribution < -0.4 is 10.6 Å². The average Bonchev–Trinajstić information content (AvgIpc) is 3.27. The zero-order valence-corrected chi connectivity index (χ0v) is 27.8. The molecule has 1 amide bonds. The lowest BCUT2D eigenvalue weighted by Crippen LogP contribution is -2.33. The Bertz CT molecular complexity index is 1980. The van der Waals surface area contributed by atoms with Crippen molar-refractivity contribution in [2.24, 2.45) is 0 Å². The monoisotopic (exact) mass is 671 g/mol. The highest BCUT2D eigenvalue weighted by Gasteiger charge is 2.26. The summed E-state index contributed by atoms with van der Waals surface area (Å²) >= 11 is 18.8. The molecule has 0 spiro atoms. The second kappa shape index (κ2) is 12.5. The van der Waals surface area contributed by atoms with Crippen molar-refractivity contribution in [3.8, 4) is 0 Å². The SMILES string of the molecule is Cc1ccc(S(=O)(=O)n2c3ccc(Cl)cc3c3cc(NCc4ccc(Cl)c(Cl)c4)cc(CCNC(=O)OC(C)(C)C)c32)cc1. The van der Waals surface area contributed by atoms with Gasteiger partial charge in [0.15, 0.2) is 0 Å². The first kappa shape index (κ1) is 32.0. The van der Waals surface area contributed by atoms with Crippen LogP contribution in [0, 0.1) is 6.92 Å². The van der Waals surface area contributed by atoms with E-state index in [0.717, 1.165) is 16.8 Å². The van der Waals surface area contributed by atoms with Crippen LogP contribution in [0.1, 0.15) is 37.5 Å². The fourth-order valence-electron chi connectivity index (χ4n) is 4.99. The van der Waals surface area contributed by atoms with Gasteiger partial charge in [-0.15, -0.1) is 0 Å². The summed E-state index contributed by atoms with van der Waals surface area (Å²) < 4.78 is 35.3. The number of ether oxygens (including phenoxy) is 1. The molecule has 0 saturated heterocycles.